The fourth-order valence-electron chi connectivity index (χ4n) is 5.19. The Labute approximate surface area is 250 Å². The van der Waals surface area contributed by atoms with Gasteiger partial charge in [0.2, 0.25) is 0 Å². The molecule has 0 atom stereocenters. The number of aryl methyl sites for hydroxylation is 3. The molecule has 3 aromatic carbocycles. The number of ether oxygens (including phenoxy) is 2. The normalized spacial score (nSPS) is 11.5. The van der Waals surface area contributed by atoms with Gasteiger partial charge in [-0.3, -0.25) is 0 Å². The molecule has 0 N–H and O–H groups in total. The molecule has 0 aromatic heterocycles. The van der Waals surface area contributed by atoms with Crippen molar-refractivity contribution >= 4 is 23.2 Å². The molecule has 2 nitrogen and oxygen atoms in total. The second-order valence-electron chi connectivity index (χ2n) is 10.3. The van der Waals surface area contributed by atoms with Gasteiger partial charge >= 0.3 is 0 Å². The zero-order chi connectivity index (χ0) is 26.5. The number of unbranched alkanes of at least 4 members (excludes halogenated alkanes) is 5. The minimum Gasteiger partial charge on any atom is -1.00 e. The molecule has 3 rings (SSSR count). The van der Waals surface area contributed by atoms with Crippen molar-refractivity contribution in [2.45, 2.75) is 85.9 Å². The smallest absolute Gasteiger partial charge is 0.157 e. The molecule has 38 heavy (non-hydrogen) atoms. The first-order valence-electron chi connectivity index (χ1n) is 14.3. The average molecular weight is 647 g/mol. The van der Waals surface area contributed by atoms with Crippen LogP contribution >= 0.6 is 7.26 Å². The van der Waals surface area contributed by atoms with E-state index in [0.717, 1.165) is 19.6 Å². The third-order valence-corrected chi connectivity index (χ3v) is 11.8. The van der Waals surface area contributed by atoms with Crippen LogP contribution in [-0.2, 0) is 9.47 Å². The largest absolute Gasteiger partial charge is 1.00 e. The summed E-state index contributed by atoms with van der Waals surface area (Å²) in [6.07, 6.45) is 9.75. The van der Waals surface area contributed by atoms with Crippen LogP contribution < -0.4 is 39.9 Å². The van der Waals surface area contributed by atoms with Crippen LogP contribution in [0.2, 0.25) is 0 Å². The van der Waals surface area contributed by atoms with E-state index in [9.17, 15) is 0 Å². The van der Waals surface area contributed by atoms with E-state index in [1.807, 2.05) is 13.8 Å². The Hall–Kier alpha value is -1.26. The summed E-state index contributed by atoms with van der Waals surface area (Å²) < 4.78 is 11.4. The fraction of sp³-hybridized carbons (Fsp3) is 0.471. The van der Waals surface area contributed by atoms with Crippen molar-refractivity contribution in [2.75, 3.05) is 19.4 Å². The van der Waals surface area contributed by atoms with Gasteiger partial charge in [0, 0.05) is 13.2 Å². The molecular weight excluding hydrogens is 598 g/mol. The van der Waals surface area contributed by atoms with Gasteiger partial charge in [0.25, 0.3) is 0 Å². The fourth-order valence-corrected chi connectivity index (χ4v) is 9.53. The van der Waals surface area contributed by atoms with Gasteiger partial charge in [-0.05, 0) is 96.7 Å². The summed E-state index contributed by atoms with van der Waals surface area (Å²) >= 11 is 0. The number of rotatable bonds is 16. The highest BCUT2D eigenvalue weighted by Crippen LogP contribution is 2.56. The first kappa shape index (κ1) is 32.9. The van der Waals surface area contributed by atoms with Crippen molar-refractivity contribution in [3.8, 4) is 0 Å². The van der Waals surface area contributed by atoms with Crippen LogP contribution in [0, 0.1) is 20.8 Å². The maximum Gasteiger partial charge on any atom is 0.157 e. The third-order valence-electron chi connectivity index (χ3n) is 7.31. The molecular formula is C34H48IO2P. The molecule has 0 aliphatic rings. The summed E-state index contributed by atoms with van der Waals surface area (Å²) in [7, 11) is -1.74. The average Bonchev–Trinajstić information content (AvgIpc) is 2.90. The topological polar surface area (TPSA) is 18.5 Å². The van der Waals surface area contributed by atoms with Crippen molar-refractivity contribution in [1.82, 2.24) is 0 Å². The second kappa shape index (κ2) is 17.4. The van der Waals surface area contributed by atoms with Gasteiger partial charge in [-0.1, -0.05) is 72.4 Å². The van der Waals surface area contributed by atoms with Gasteiger partial charge in [-0.15, -0.1) is 0 Å². The standard InChI is InChI=1S/C34H48O2P.HI/c1-6-35-34(36-7-2)14-12-10-8-9-11-13-27-37(31-21-15-28(3)16-22-31,32-23-17-29(4)18-24-32)33-25-19-30(5)20-26-33;/h15-26,34H,6-14,27H2,1-5H3;1H/q+1;/p-1. The van der Waals surface area contributed by atoms with Crippen LogP contribution in [0.1, 0.15) is 75.5 Å². The summed E-state index contributed by atoms with van der Waals surface area (Å²) in [4.78, 5) is 0. The lowest BCUT2D eigenvalue weighted by Crippen LogP contribution is -3.00. The Balaban J connectivity index is 0.00000507. The van der Waals surface area contributed by atoms with E-state index in [0.29, 0.717) is 0 Å². The Morgan fingerprint density at radius 3 is 1.24 bits per heavy atom. The minimum atomic E-state index is -1.74. The van der Waals surface area contributed by atoms with Crippen molar-refractivity contribution in [2.24, 2.45) is 0 Å². The van der Waals surface area contributed by atoms with E-state index in [1.165, 1.54) is 77.3 Å². The summed E-state index contributed by atoms with van der Waals surface area (Å²) in [5.74, 6) is 0. The Kier molecular flexibility index (Phi) is 15.1. The maximum atomic E-state index is 5.69. The van der Waals surface area contributed by atoms with Crippen LogP contribution in [-0.4, -0.2) is 25.7 Å². The lowest BCUT2D eigenvalue weighted by atomic mass is 10.1. The monoisotopic (exact) mass is 646 g/mol. The molecule has 0 saturated carbocycles. The van der Waals surface area contributed by atoms with Gasteiger partial charge < -0.3 is 33.5 Å². The molecule has 0 aliphatic heterocycles. The molecule has 0 heterocycles. The van der Waals surface area contributed by atoms with Crippen LogP contribution in [0.3, 0.4) is 0 Å². The van der Waals surface area contributed by atoms with Crippen molar-refractivity contribution in [1.29, 1.82) is 0 Å². The Morgan fingerprint density at radius 1 is 0.526 bits per heavy atom. The van der Waals surface area contributed by atoms with E-state index in [1.54, 1.807) is 0 Å². The summed E-state index contributed by atoms with van der Waals surface area (Å²) in [6.45, 7) is 12.1. The van der Waals surface area contributed by atoms with Gasteiger partial charge in [0.05, 0.1) is 6.16 Å². The number of hydrogen-bond acceptors (Lipinski definition) is 2. The van der Waals surface area contributed by atoms with Crippen LogP contribution in [0.25, 0.3) is 0 Å². The minimum absolute atomic E-state index is 0. The predicted octanol–water partition coefficient (Wildman–Crippen LogP) is 5.04. The molecule has 0 fully saturated rings. The van der Waals surface area contributed by atoms with Gasteiger partial charge in [0.15, 0.2) is 6.29 Å². The molecule has 0 amide bonds. The highest BCUT2D eigenvalue weighted by atomic mass is 127. The van der Waals surface area contributed by atoms with E-state index in [4.69, 9.17) is 9.47 Å². The third kappa shape index (κ3) is 9.44. The zero-order valence-electron chi connectivity index (χ0n) is 24.2. The maximum absolute atomic E-state index is 5.69. The zero-order valence-corrected chi connectivity index (χ0v) is 27.3. The second-order valence-corrected chi connectivity index (χ2v) is 13.9. The van der Waals surface area contributed by atoms with Gasteiger partial charge in [0.1, 0.15) is 23.2 Å². The predicted molar refractivity (Wildman–Crippen MR) is 164 cm³/mol. The SMILES string of the molecule is CCOC(CCCCCCCC[P+](c1ccc(C)cc1)(c1ccc(C)cc1)c1ccc(C)cc1)OCC.[I-]. The van der Waals surface area contributed by atoms with E-state index >= 15 is 0 Å². The Bertz CT molecular complexity index is 915. The highest BCUT2D eigenvalue weighted by Gasteiger charge is 2.44. The summed E-state index contributed by atoms with van der Waals surface area (Å²) in [6, 6.07) is 28.2. The van der Waals surface area contributed by atoms with Gasteiger partial charge in [-0.25, -0.2) is 0 Å². The van der Waals surface area contributed by atoms with Crippen molar-refractivity contribution in [3.63, 3.8) is 0 Å². The van der Waals surface area contributed by atoms with Crippen LogP contribution in [0.5, 0.6) is 0 Å². The van der Waals surface area contributed by atoms with Crippen LogP contribution in [0.15, 0.2) is 72.8 Å². The van der Waals surface area contributed by atoms with E-state index in [2.05, 4.69) is 93.6 Å². The highest BCUT2D eigenvalue weighted by molar-refractivity contribution is 7.95. The summed E-state index contributed by atoms with van der Waals surface area (Å²) in [5.41, 5.74) is 3.97. The molecule has 3 aromatic rings. The number of hydrogen-bond donors (Lipinski definition) is 0. The molecule has 0 spiro atoms. The molecule has 0 radical (unpaired) electrons. The molecule has 4 heteroatoms. The number of benzene rings is 3. The summed E-state index contributed by atoms with van der Waals surface area (Å²) in [5, 5.41) is 4.51. The molecule has 0 saturated heterocycles. The van der Waals surface area contributed by atoms with E-state index in [-0.39, 0.29) is 30.3 Å². The first-order chi connectivity index (χ1) is 18.0. The van der Waals surface area contributed by atoms with Gasteiger partial charge in [-0.2, -0.15) is 0 Å². The number of halogens is 1. The lowest BCUT2D eigenvalue weighted by molar-refractivity contribution is -0.140. The van der Waals surface area contributed by atoms with Crippen molar-refractivity contribution < 1.29 is 33.5 Å². The Morgan fingerprint density at radius 2 is 0.868 bits per heavy atom. The molecule has 0 aliphatic carbocycles. The first-order valence-corrected chi connectivity index (χ1v) is 16.3. The molecule has 208 valence electrons. The van der Waals surface area contributed by atoms with E-state index < -0.39 is 7.26 Å². The quantitative estimate of drug-likeness (QED) is 0.0941. The van der Waals surface area contributed by atoms with Crippen molar-refractivity contribution in [3.05, 3.63) is 89.5 Å². The van der Waals surface area contributed by atoms with Crippen LogP contribution in [0.4, 0.5) is 0 Å². The molecule has 0 bridgehead atoms. The molecule has 0 unspecified atom stereocenters. The lowest BCUT2D eigenvalue weighted by Gasteiger charge is -2.28.